The number of aromatic nitrogens is 1. The van der Waals surface area contributed by atoms with Crippen molar-refractivity contribution in [2.24, 2.45) is 0 Å². The second-order valence-electron chi connectivity index (χ2n) is 3.27. The first-order valence-corrected chi connectivity index (χ1v) is 6.49. The van der Waals surface area contributed by atoms with Gasteiger partial charge in [-0.05, 0) is 33.4 Å². The maximum Gasteiger partial charge on any atom is 0.339 e. The molecule has 0 spiro atoms. The van der Waals surface area contributed by atoms with Crippen LogP contribution < -0.4 is 5.32 Å². The van der Waals surface area contributed by atoms with E-state index in [9.17, 15) is 4.79 Å². The lowest BCUT2D eigenvalue weighted by Gasteiger charge is -2.08. The molecular weight excluding hydrogens is 304 g/mol. The number of nitrogens with zero attached hydrogens (tertiary/aromatic N) is 1. The number of hydrogen-bond donors (Lipinski definition) is 2. The van der Waals surface area contributed by atoms with Crippen LogP contribution in [0.4, 0.5) is 5.69 Å². The molecule has 0 unspecified atom stereocenters. The fourth-order valence-electron chi connectivity index (χ4n) is 1.35. The Morgan fingerprint density at radius 1 is 1.53 bits per heavy atom. The highest BCUT2D eigenvalue weighted by Gasteiger charge is 2.10. The van der Waals surface area contributed by atoms with Gasteiger partial charge in [-0.1, -0.05) is 0 Å². The van der Waals surface area contributed by atoms with Crippen LogP contribution in [0.2, 0.25) is 0 Å². The molecule has 0 saturated heterocycles. The van der Waals surface area contributed by atoms with E-state index in [1.807, 2.05) is 11.4 Å². The molecule has 0 aliphatic rings. The fraction of sp³-hybridized carbons (Fsp3) is 0.0909. The Bertz CT molecular complexity index is 542. The Labute approximate surface area is 110 Å². The third-order valence-corrected chi connectivity index (χ3v) is 4.11. The molecule has 0 aliphatic carbocycles. The summed E-state index contributed by atoms with van der Waals surface area (Å²) in [4.78, 5) is 15.9. The largest absolute Gasteiger partial charge is 0.478 e. The molecule has 0 radical (unpaired) electrons. The van der Waals surface area contributed by atoms with Gasteiger partial charge in [-0.15, -0.1) is 11.3 Å². The van der Waals surface area contributed by atoms with Crippen LogP contribution in [0.5, 0.6) is 0 Å². The van der Waals surface area contributed by atoms with Crippen molar-refractivity contribution >= 4 is 38.9 Å². The molecule has 0 amide bonds. The molecule has 0 aromatic carbocycles. The Morgan fingerprint density at radius 2 is 2.35 bits per heavy atom. The predicted octanol–water partition coefficient (Wildman–Crippen LogP) is 3.22. The normalized spacial score (nSPS) is 10.2. The maximum atomic E-state index is 11.0. The van der Waals surface area contributed by atoms with Gasteiger partial charge in [-0.25, -0.2) is 4.79 Å². The first-order valence-electron chi connectivity index (χ1n) is 4.81. The smallest absolute Gasteiger partial charge is 0.339 e. The lowest BCUT2D eigenvalue weighted by atomic mass is 10.2. The van der Waals surface area contributed by atoms with Crippen LogP contribution >= 0.6 is 27.3 Å². The number of hydrogen-bond acceptors (Lipinski definition) is 4. The van der Waals surface area contributed by atoms with Crippen LogP contribution in [0.25, 0.3) is 0 Å². The number of carbonyl (C=O) groups is 1. The first-order chi connectivity index (χ1) is 8.18. The molecule has 2 N–H and O–H groups in total. The van der Waals surface area contributed by atoms with Crippen LogP contribution in [0.1, 0.15) is 15.2 Å². The molecule has 4 nitrogen and oxygen atoms in total. The number of halogens is 1. The highest BCUT2D eigenvalue weighted by molar-refractivity contribution is 9.10. The summed E-state index contributed by atoms with van der Waals surface area (Å²) in [5.41, 5.74) is 0.757. The van der Waals surface area contributed by atoms with Gasteiger partial charge >= 0.3 is 5.97 Å². The Kier molecular flexibility index (Phi) is 3.75. The van der Waals surface area contributed by atoms with Gasteiger partial charge in [-0.2, -0.15) is 0 Å². The number of thiophene rings is 1. The molecule has 0 saturated carbocycles. The SMILES string of the molecule is O=C(O)c1cnccc1NCc1sccc1Br. The van der Waals surface area contributed by atoms with Gasteiger partial charge in [0.05, 0.1) is 12.2 Å². The van der Waals surface area contributed by atoms with Gasteiger partial charge in [0.25, 0.3) is 0 Å². The zero-order valence-electron chi connectivity index (χ0n) is 8.68. The van der Waals surface area contributed by atoms with Crippen molar-refractivity contribution in [1.82, 2.24) is 4.98 Å². The van der Waals surface area contributed by atoms with Gasteiger partial charge < -0.3 is 10.4 Å². The van der Waals surface area contributed by atoms with Crippen LogP contribution in [0, 0.1) is 0 Å². The number of aromatic carboxylic acids is 1. The summed E-state index contributed by atoms with van der Waals surface area (Å²) in [5.74, 6) is -0.981. The molecule has 0 fully saturated rings. The lowest BCUT2D eigenvalue weighted by Crippen LogP contribution is -2.06. The number of pyridine rings is 1. The molecular formula is C11H9BrN2O2S. The van der Waals surface area contributed by atoms with Crippen LogP contribution in [-0.2, 0) is 6.54 Å². The van der Waals surface area contributed by atoms with Crippen molar-refractivity contribution in [1.29, 1.82) is 0 Å². The monoisotopic (exact) mass is 312 g/mol. The molecule has 88 valence electrons. The number of carboxylic acids is 1. The van der Waals surface area contributed by atoms with Gasteiger partial charge in [0.1, 0.15) is 5.56 Å². The van der Waals surface area contributed by atoms with Crippen molar-refractivity contribution in [3.05, 3.63) is 44.8 Å². The second kappa shape index (κ2) is 5.29. The topological polar surface area (TPSA) is 62.2 Å². The van der Waals surface area contributed by atoms with Crippen molar-refractivity contribution in [2.75, 3.05) is 5.32 Å². The average Bonchev–Trinajstić information content (AvgIpc) is 2.72. The molecule has 0 atom stereocenters. The predicted molar refractivity (Wildman–Crippen MR) is 70.5 cm³/mol. The summed E-state index contributed by atoms with van der Waals surface area (Å²) in [5, 5.41) is 14.1. The second-order valence-corrected chi connectivity index (χ2v) is 5.13. The Hall–Kier alpha value is -1.40. The third-order valence-electron chi connectivity index (χ3n) is 2.18. The summed E-state index contributed by atoms with van der Waals surface area (Å²) in [6, 6.07) is 3.62. The van der Waals surface area contributed by atoms with Gasteiger partial charge in [0, 0.05) is 21.7 Å². The zero-order valence-corrected chi connectivity index (χ0v) is 11.1. The van der Waals surface area contributed by atoms with E-state index in [0.29, 0.717) is 12.2 Å². The molecule has 2 aromatic heterocycles. The van der Waals surface area contributed by atoms with E-state index >= 15 is 0 Å². The van der Waals surface area contributed by atoms with Gasteiger partial charge in [0.2, 0.25) is 0 Å². The van der Waals surface area contributed by atoms with E-state index in [0.717, 1.165) is 9.35 Å². The summed E-state index contributed by atoms with van der Waals surface area (Å²) in [6.07, 6.45) is 2.91. The summed E-state index contributed by atoms with van der Waals surface area (Å²) < 4.78 is 1.03. The number of carboxylic acid groups (broad SMARTS) is 1. The first kappa shape index (κ1) is 12.1. The molecule has 2 rings (SSSR count). The third kappa shape index (κ3) is 2.83. The van der Waals surface area contributed by atoms with Crippen LogP contribution in [0.3, 0.4) is 0 Å². The van der Waals surface area contributed by atoms with Gasteiger partial charge in [-0.3, -0.25) is 4.98 Å². The molecule has 6 heteroatoms. The van der Waals surface area contributed by atoms with E-state index in [4.69, 9.17) is 5.11 Å². The van der Waals surface area contributed by atoms with Crippen molar-refractivity contribution in [3.8, 4) is 0 Å². The minimum Gasteiger partial charge on any atom is -0.478 e. The lowest BCUT2D eigenvalue weighted by molar-refractivity contribution is 0.0697. The van der Waals surface area contributed by atoms with Crippen molar-refractivity contribution < 1.29 is 9.90 Å². The average molecular weight is 313 g/mol. The van der Waals surface area contributed by atoms with E-state index in [2.05, 4.69) is 26.2 Å². The van der Waals surface area contributed by atoms with Crippen molar-refractivity contribution in [2.45, 2.75) is 6.54 Å². The minimum atomic E-state index is -0.981. The number of anilines is 1. The summed E-state index contributed by atoms with van der Waals surface area (Å²) in [6.45, 7) is 0.586. The van der Waals surface area contributed by atoms with E-state index in [-0.39, 0.29) is 5.56 Å². The minimum absolute atomic E-state index is 0.181. The van der Waals surface area contributed by atoms with Gasteiger partial charge in [0.15, 0.2) is 0 Å². The Morgan fingerprint density at radius 3 is 3.00 bits per heavy atom. The highest BCUT2D eigenvalue weighted by atomic mass is 79.9. The number of nitrogens with one attached hydrogen (secondary N) is 1. The van der Waals surface area contributed by atoms with E-state index in [1.165, 1.54) is 6.20 Å². The molecule has 2 heterocycles. The maximum absolute atomic E-state index is 11.0. The Balaban J connectivity index is 2.14. The standard InChI is InChI=1S/C11H9BrN2O2S/c12-8-2-4-17-10(8)6-14-9-1-3-13-5-7(9)11(15)16/h1-5H,6H2,(H,13,14)(H,15,16). The molecule has 17 heavy (non-hydrogen) atoms. The van der Waals surface area contributed by atoms with Crippen LogP contribution in [0.15, 0.2) is 34.4 Å². The summed E-state index contributed by atoms with van der Waals surface area (Å²) in [7, 11) is 0. The fourth-order valence-corrected chi connectivity index (χ4v) is 2.78. The quantitative estimate of drug-likeness (QED) is 0.910. The number of rotatable bonds is 4. The molecule has 2 aromatic rings. The molecule has 0 aliphatic heterocycles. The zero-order chi connectivity index (χ0) is 12.3. The van der Waals surface area contributed by atoms with Crippen LogP contribution in [-0.4, -0.2) is 16.1 Å². The summed E-state index contributed by atoms with van der Waals surface area (Å²) >= 11 is 5.04. The molecule has 0 bridgehead atoms. The van der Waals surface area contributed by atoms with E-state index < -0.39 is 5.97 Å². The van der Waals surface area contributed by atoms with Crippen molar-refractivity contribution in [3.63, 3.8) is 0 Å². The van der Waals surface area contributed by atoms with E-state index in [1.54, 1.807) is 23.6 Å². The highest BCUT2D eigenvalue weighted by Crippen LogP contribution is 2.24.